The molecule has 0 aliphatic heterocycles. The second-order valence-corrected chi connectivity index (χ2v) is 7.80. The molecule has 1 unspecified atom stereocenters. The summed E-state index contributed by atoms with van der Waals surface area (Å²) < 4.78 is 28.4. The molecule has 0 aromatic heterocycles. The molecule has 2 N–H and O–H groups in total. The predicted molar refractivity (Wildman–Crippen MR) is 111 cm³/mol. The number of rotatable bonds is 7. The molecule has 0 aliphatic carbocycles. The van der Waals surface area contributed by atoms with Crippen molar-refractivity contribution in [3.63, 3.8) is 0 Å². The molecule has 2 rings (SSSR count). The standard InChI is InChI=1S/C23H28F2N2O2/c1-13(2)16-9-10-20(17(11-16)14(3)4)27-22(29)12-21(26-15(5)28)23-18(24)7-6-8-19(23)25/h6-11,13-14,21H,12H2,1-5H3,(H,26,28)(H,27,29). The van der Waals surface area contributed by atoms with Crippen molar-refractivity contribution in [3.8, 4) is 0 Å². The Labute approximate surface area is 170 Å². The molecule has 0 saturated carbocycles. The number of amides is 2. The molecular formula is C23H28F2N2O2. The minimum Gasteiger partial charge on any atom is -0.349 e. The first kappa shape index (κ1) is 22.5. The highest BCUT2D eigenvalue weighted by atomic mass is 19.1. The lowest BCUT2D eigenvalue weighted by molar-refractivity contribution is -0.120. The maximum absolute atomic E-state index is 14.2. The Kier molecular flexibility index (Phi) is 7.48. The molecule has 29 heavy (non-hydrogen) atoms. The molecule has 0 saturated heterocycles. The summed E-state index contributed by atoms with van der Waals surface area (Å²) in [5, 5.41) is 5.31. The van der Waals surface area contributed by atoms with Crippen molar-refractivity contribution < 1.29 is 18.4 Å². The van der Waals surface area contributed by atoms with Gasteiger partial charge >= 0.3 is 0 Å². The van der Waals surface area contributed by atoms with E-state index in [9.17, 15) is 18.4 Å². The highest BCUT2D eigenvalue weighted by Crippen LogP contribution is 2.29. The minimum absolute atomic E-state index is 0.180. The van der Waals surface area contributed by atoms with Crippen molar-refractivity contribution in [1.29, 1.82) is 0 Å². The van der Waals surface area contributed by atoms with Gasteiger partial charge in [-0.25, -0.2) is 8.78 Å². The molecule has 0 fully saturated rings. The predicted octanol–water partition coefficient (Wildman–Crippen LogP) is 5.42. The van der Waals surface area contributed by atoms with E-state index < -0.39 is 29.5 Å². The molecule has 0 spiro atoms. The van der Waals surface area contributed by atoms with Crippen LogP contribution >= 0.6 is 0 Å². The van der Waals surface area contributed by atoms with Crippen LogP contribution in [0.1, 0.15) is 75.6 Å². The van der Waals surface area contributed by atoms with Gasteiger partial charge in [0.2, 0.25) is 11.8 Å². The van der Waals surface area contributed by atoms with Gasteiger partial charge in [-0.2, -0.15) is 0 Å². The molecule has 2 amide bonds. The molecule has 2 aromatic carbocycles. The second-order valence-electron chi connectivity index (χ2n) is 7.80. The van der Waals surface area contributed by atoms with Gasteiger partial charge in [0.25, 0.3) is 0 Å². The Morgan fingerprint density at radius 2 is 1.59 bits per heavy atom. The van der Waals surface area contributed by atoms with Gasteiger partial charge in [0.15, 0.2) is 0 Å². The van der Waals surface area contributed by atoms with Gasteiger partial charge in [-0.1, -0.05) is 45.9 Å². The lowest BCUT2D eigenvalue weighted by Crippen LogP contribution is -2.31. The first-order valence-corrected chi connectivity index (χ1v) is 9.74. The SMILES string of the molecule is CC(=O)NC(CC(=O)Nc1ccc(C(C)C)cc1C(C)C)c1c(F)cccc1F. The van der Waals surface area contributed by atoms with Crippen molar-refractivity contribution in [1.82, 2.24) is 5.32 Å². The highest BCUT2D eigenvalue weighted by molar-refractivity contribution is 5.92. The maximum atomic E-state index is 14.2. The third kappa shape index (κ3) is 5.86. The number of carbonyl (C=O) groups is 2. The van der Waals surface area contributed by atoms with Crippen molar-refractivity contribution in [2.45, 2.75) is 58.9 Å². The van der Waals surface area contributed by atoms with Gasteiger partial charge in [0.1, 0.15) is 11.6 Å². The highest BCUT2D eigenvalue weighted by Gasteiger charge is 2.24. The van der Waals surface area contributed by atoms with E-state index in [1.807, 2.05) is 26.0 Å². The molecule has 1 atom stereocenters. The first-order valence-electron chi connectivity index (χ1n) is 9.74. The number of nitrogens with one attached hydrogen (secondary N) is 2. The minimum atomic E-state index is -1.11. The average molecular weight is 402 g/mol. The molecule has 0 heterocycles. The Bertz CT molecular complexity index is 874. The zero-order valence-corrected chi connectivity index (χ0v) is 17.5. The fourth-order valence-corrected chi connectivity index (χ4v) is 3.23. The number of halogens is 2. The summed E-state index contributed by atoms with van der Waals surface area (Å²) in [6.07, 6.45) is -0.291. The third-order valence-corrected chi connectivity index (χ3v) is 4.75. The number of anilines is 1. The van der Waals surface area contributed by atoms with E-state index in [1.165, 1.54) is 13.0 Å². The average Bonchev–Trinajstić information content (AvgIpc) is 2.60. The van der Waals surface area contributed by atoms with Crippen molar-refractivity contribution in [2.75, 3.05) is 5.32 Å². The number of hydrogen-bond acceptors (Lipinski definition) is 2. The second kappa shape index (κ2) is 9.63. The first-order chi connectivity index (χ1) is 13.6. The van der Waals surface area contributed by atoms with Crippen LogP contribution in [0, 0.1) is 11.6 Å². The van der Waals surface area contributed by atoms with Gasteiger partial charge in [0, 0.05) is 18.2 Å². The Hall–Kier alpha value is -2.76. The zero-order valence-electron chi connectivity index (χ0n) is 17.5. The van der Waals surface area contributed by atoms with Gasteiger partial charge in [-0.15, -0.1) is 0 Å². The largest absolute Gasteiger partial charge is 0.349 e. The quantitative estimate of drug-likeness (QED) is 0.650. The summed E-state index contributed by atoms with van der Waals surface area (Å²) in [6.45, 7) is 9.50. The van der Waals surface area contributed by atoms with E-state index in [4.69, 9.17) is 0 Å². The maximum Gasteiger partial charge on any atom is 0.226 e. The van der Waals surface area contributed by atoms with Crippen LogP contribution in [0.2, 0.25) is 0 Å². The van der Waals surface area contributed by atoms with Crippen molar-refractivity contribution in [2.24, 2.45) is 0 Å². The summed E-state index contributed by atoms with van der Waals surface area (Å²) in [5.41, 5.74) is 2.48. The fourth-order valence-electron chi connectivity index (χ4n) is 3.23. The molecule has 0 aliphatic rings. The van der Waals surface area contributed by atoms with Crippen LogP contribution in [-0.4, -0.2) is 11.8 Å². The van der Waals surface area contributed by atoms with E-state index in [2.05, 4.69) is 30.5 Å². The van der Waals surface area contributed by atoms with E-state index in [0.29, 0.717) is 11.6 Å². The Morgan fingerprint density at radius 1 is 0.966 bits per heavy atom. The van der Waals surface area contributed by atoms with Crippen LogP contribution in [0.5, 0.6) is 0 Å². The molecular weight excluding hydrogens is 374 g/mol. The van der Waals surface area contributed by atoms with E-state index in [0.717, 1.165) is 23.3 Å². The van der Waals surface area contributed by atoms with E-state index in [-0.39, 0.29) is 17.9 Å². The van der Waals surface area contributed by atoms with Gasteiger partial charge in [0.05, 0.1) is 12.5 Å². The smallest absolute Gasteiger partial charge is 0.226 e. The topological polar surface area (TPSA) is 58.2 Å². The Morgan fingerprint density at radius 3 is 2.10 bits per heavy atom. The number of carbonyl (C=O) groups excluding carboxylic acids is 2. The van der Waals surface area contributed by atoms with Crippen LogP contribution in [0.25, 0.3) is 0 Å². The van der Waals surface area contributed by atoms with Crippen molar-refractivity contribution >= 4 is 17.5 Å². The van der Waals surface area contributed by atoms with Crippen LogP contribution in [0.3, 0.4) is 0 Å². The molecule has 6 heteroatoms. The van der Waals surface area contributed by atoms with Gasteiger partial charge < -0.3 is 10.6 Å². The van der Waals surface area contributed by atoms with Crippen LogP contribution < -0.4 is 10.6 Å². The lowest BCUT2D eigenvalue weighted by Gasteiger charge is -2.21. The van der Waals surface area contributed by atoms with Gasteiger partial charge in [-0.05, 0) is 41.2 Å². The molecule has 0 radical (unpaired) electrons. The summed E-state index contributed by atoms with van der Waals surface area (Å²) in [7, 11) is 0. The van der Waals surface area contributed by atoms with E-state index >= 15 is 0 Å². The summed E-state index contributed by atoms with van der Waals surface area (Å²) in [5.74, 6) is -1.99. The van der Waals surface area contributed by atoms with Crippen LogP contribution in [-0.2, 0) is 9.59 Å². The van der Waals surface area contributed by atoms with E-state index in [1.54, 1.807) is 0 Å². The number of hydrogen-bond donors (Lipinski definition) is 2. The van der Waals surface area contributed by atoms with Crippen LogP contribution in [0.15, 0.2) is 36.4 Å². The Balaban J connectivity index is 2.28. The summed E-state index contributed by atoms with van der Waals surface area (Å²) >= 11 is 0. The third-order valence-electron chi connectivity index (χ3n) is 4.75. The monoisotopic (exact) mass is 402 g/mol. The fraction of sp³-hybridized carbons (Fsp3) is 0.391. The zero-order chi connectivity index (χ0) is 21.7. The van der Waals surface area contributed by atoms with Crippen LogP contribution in [0.4, 0.5) is 14.5 Å². The number of benzene rings is 2. The molecule has 156 valence electrons. The molecule has 4 nitrogen and oxygen atoms in total. The summed E-state index contributed by atoms with van der Waals surface area (Å²) in [4.78, 5) is 24.2. The van der Waals surface area contributed by atoms with Crippen molar-refractivity contribution in [3.05, 3.63) is 64.7 Å². The normalized spacial score (nSPS) is 12.2. The molecule has 2 aromatic rings. The summed E-state index contributed by atoms with van der Waals surface area (Å²) in [6, 6.07) is 8.20. The lowest BCUT2D eigenvalue weighted by atomic mass is 9.94. The molecule has 0 bridgehead atoms. The van der Waals surface area contributed by atoms with Gasteiger partial charge in [-0.3, -0.25) is 9.59 Å².